The molecule has 3 aromatic carbocycles. The van der Waals surface area contributed by atoms with Crippen LogP contribution in [0.25, 0.3) is 0 Å². The standard InChI is InChI=1S/C24H23NO3S/c1-26-20-13-17(14-21(27-2)24(20)28-3)23-15-19(16-9-5-4-6-10-16)25-18-11-7-8-12-22(18)29-23/h4-14,23H,15H2,1-3H3/t23-/m1/s1. The fraction of sp³-hybridized carbons (Fsp3) is 0.208. The molecule has 0 unspecified atom stereocenters. The molecule has 1 atom stereocenters. The van der Waals surface area contributed by atoms with Crippen LogP contribution in [0.15, 0.2) is 76.6 Å². The molecule has 1 heterocycles. The van der Waals surface area contributed by atoms with E-state index >= 15 is 0 Å². The molecular formula is C24H23NO3S. The number of hydrogen-bond donors (Lipinski definition) is 0. The van der Waals surface area contributed by atoms with Gasteiger partial charge < -0.3 is 14.2 Å². The quantitative estimate of drug-likeness (QED) is 0.516. The van der Waals surface area contributed by atoms with Crippen LogP contribution in [-0.4, -0.2) is 27.0 Å². The Bertz CT molecular complexity index is 1010. The van der Waals surface area contributed by atoms with Crippen molar-refractivity contribution in [3.8, 4) is 17.2 Å². The number of nitrogens with zero attached hydrogens (tertiary/aromatic N) is 1. The zero-order valence-electron chi connectivity index (χ0n) is 16.7. The molecular weight excluding hydrogens is 382 g/mol. The Balaban J connectivity index is 1.82. The molecule has 0 bridgehead atoms. The number of fused-ring (bicyclic) bond motifs is 1. The van der Waals surface area contributed by atoms with Crippen molar-refractivity contribution in [3.05, 3.63) is 77.9 Å². The van der Waals surface area contributed by atoms with Gasteiger partial charge in [0.05, 0.1) is 27.0 Å². The molecule has 1 aliphatic rings. The highest BCUT2D eigenvalue weighted by Crippen LogP contribution is 2.49. The Hall–Kier alpha value is -2.92. The topological polar surface area (TPSA) is 40.0 Å². The van der Waals surface area contributed by atoms with Crippen LogP contribution in [0.5, 0.6) is 17.2 Å². The maximum absolute atomic E-state index is 5.58. The normalized spacial score (nSPS) is 15.7. The van der Waals surface area contributed by atoms with Crippen LogP contribution in [-0.2, 0) is 0 Å². The molecule has 5 heteroatoms. The summed E-state index contributed by atoms with van der Waals surface area (Å²) in [6.45, 7) is 0. The molecule has 0 radical (unpaired) electrons. The summed E-state index contributed by atoms with van der Waals surface area (Å²) in [6, 6.07) is 22.7. The van der Waals surface area contributed by atoms with Gasteiger partial charge in [0, 0.05) is 22.3 Å². The lowest BCUT2D eigenvalue weighted by Gasteiger charge is -2.20. The second-order valence-electron chi connectivity index (χ2n) is 6.66. The van der Waals surface area contributed by atoms with E-state index in [9.17, 15) is 0 Å². The Morgan fingerprint density at radius 3 is 2.14 bits per heavy atom. The molecule has 0 saturated heterocycles. The van der Waals surface area contributed by atoms with Crippen LogP contribution in [0, 0.1) is 0 Å². The van der Waals surface area contributed by atoms with E-state index in [1.165, 1.54) is 0 Å². The molecule has 0 aromatic heterocycles. The molecule has 0 fully saturated rings. The zero-order chi connectivity index (χ0) is 20.2. The summed E-state index contributed by atoms with van der Waals surface area (Å²) in [5.74, 6) is 1.94. The SMILES string of the molecule is COc1cc([C@H]2CC(c3ccccc3)=Nc3ccccc3S2)cc(OC)c1OC. The van der Waals surface area contributed by atoms with E-state index in [0.717, 1.165) is 33.8 Å². The molecule has 148 valence electrons. The number of methoxy groups -OCH3 is 3. The van der Waals surface area contributed by atoms with Crippen molar-refractivity contribution < 1.29 is 14.2 Å². The van der Waals surface area contributed by atoms with Crippen LogP contribution in [0.1, 0.15) is 22.8 Å². The first-order chi connectivity index (χ1) is 14.2. The van der Waals surface area contributed by atoms with Gasteiger partial charge in [0.15, 0.2) is 11.5 Å². The lowest BCUT2D eigenvalue weighted by Crippen LogP contribution is -2.06. The Morgan fingerprint density at radius 2 is 1.48 bits per heavy atom. The monoisotopic (exact) mass is 405 g/mol. The number of ether oxygens (including phenoxy) is 3. The van der Waals surface area contributed by atoms with Gasteiger partial charge in [0.25, 0.3) is 0 Å². The van der Waals surface area contributed by atoms with E-state index in [4.69, 9.17) is 19.2 Å². The maximum Gasteiger partial charge on any atom is 0.203 e. The smallest absolute Gasteiger partial charge is 0.203 e. The Kier molecular flexibility index (Phi) is 5.76. The number of benzene rings is 3. The summed E-state index contributed by atoms with van der Waals surface area (Å²) in [5.41, 5.74) is 4.33. The highest BCUT2D eigenvalue weighted by molar-refractivity contribution is 7.99. The third kappa shape index (κ3) is 3.96. The lowest BCUT2D eigenvalue weighted by molar-refractivity contribution is 0.324. The highest BCUT2D eigenvalue weighted by atomic mass is 32.2. The predicted octanol–water partition coefficient (Wildman–Crippen LogP) is 6.07. The largest absolute Gasteiger partial charge is 0.493 e. The molecule has 1 aliphatic heterocycles. The van der Waals surface area contributed by atoms with Gasteiger partial charge >= 0.3 is 0 Å². The van der Waals surface area contributed by atoms with E-state index < -0.39 is 0 Å². The predicted molar refractivity (Wildman–Crippen MR) is 118 cm³/mol. The zero-order valence-corrected chi connectivity index (χ0v) is 17.5. The van der Waals surface area contributed by atoms with Gasteiger partial charge in [-0.3, -0.25) is 4.99 Å². The fourth-order valence-corrected chi connectivity index (χ4v) is 4.71. The molecule has 0 saturated carbocycles. The molecule has 0 N–H and O–H groups in total. The van der Waals surface area contributed by atoms with E-state index in [2.05, 4.69) is 42.5 Å². The van der Waals surface area contributed by atoms with Crippen molar-refractivity contribution in [2.45, 2.75) is 16.6 Å². The molecule has 4 rings (SSSR count). The van der Waals surface area contributed by atoms with Gasteiger partial charge in [0.1, 0.15) is 0 Å². The molecule has 4 nitrogen and oxygen atoms in total. The highest BCUT2D eigenvalue weighted by Gasteiger charge is 2.25. The first-order valence-corrected chi connectivity index (χ1v) is 10.3. The summed E-state index contributed by atoms with van der Waals surface area (Å²) in [5, 5.41) is 0.159. The van der Waals surface area contributed by atoms with Gasteiger partial charge in [-0.1, -0.05) is 42.5 Å². The van der Waals surface area contributed by atoms with E-state index in [1.807, 2.05) is 36.0 Å². The number of rotatable bonds is 5. The van der Waals surface area contributed by atoms with Crippen molar-refractivity contribution in [3.63, 3.8) is 0 Å². The Morgan fingerprint density at radius 1 is 0.828 bits per heavy atom. The summed E-state index contributed by atoms with van der Waals surface area (Å²) < 4.78 is 16.6. The lowest BCUT2D eigenvalue weighted by atomic mass is 10.0. The second-order valence-corrected chi connectivity index (χ2v) is 7.91. The molecule has 29 heavy (non-hydrogen) atoms. The first kappa shape index (κ1) is 19.4. The second kappa shape index (κ2) is 8.62. The maximum atomic E-state index is 5.58. The Labute approximate surface area is 175 Å². The first-order valence-electron chi connectivity index (χ1n) is 9.42. The summed E-state index contributed by atoms with van der Waals surface area (Å²) in [7, 11) is 4.91. The summed E-state index contributed by atoms with van der Waals surface area (Å²) >= 11 is 1.81. The van der Waals surface area contributed by atoms with E-state index in [1.54, 1.807) is 21.3 Å². The van der Waals surface area contributed by atoms with Crippen molar-refractivity contribution in [2.24, 2.45) is 4.99 Å². The number of hydrogen-bond acceptors (Lipinski definition) is 5. The summed E-state index contributed by atoms with van der Waals surface area (Å²) in [4.78, 5) is 6.18. The van der Waals surface area contributed by atoms with Gasteiger partial charge in [-0.2, -0.15) is 0 Å². The molecule has 0 amide bonds. The third-order valence-corrected chi connectivity index (χ3v) is 6.26. The van der Waals surface area contributed by atoms with Crippen molar-refractivity contribution in [2.75, 3.05) is 21.3 Å². The van der Waals surface area contributed by atoms with Crippen LogP contribution in [0.4, 0.5) is 5.69 Å². The third-order valence-electron chi connectivity index (χ3n) is 4.93. The van der Waals surface area contributed by atoms with Crippen molar-refractivity contribution in [1.29, 1.82) is 0 Å². The van der Waals surface area contributed by atoms with Crippen LogP contribution in [0.2, 0.25) is 0 Å². The van der Waals surface area contributed by atoms with Crippen LogP contribution in [0.3, 0.4) is 0 Å². The minimum absolute atomic E-state index is 0.159. The van der Waals surface area contributed by atoms with Gasteiger partial charge in [-0.15, -0.1) is 11.8 Å². The minimum atomic E-state index is 0.159. The van der Waals surface area contributed by atoms with Crippen molar-refractivity contribution >= 4 is 23.2 Å². The number of thioether (sulfide) groups is 1. The summed E-state index contributed by atoms with van der Waals surface area (Å²) in [6.07, 6.45) is 0.794. The van der Waals surface area contributed by atoms with Crippen LogP contribution >= 0.6 is 11.8 Å². The van der Waals surface area contributed by atoms with Crippen molar-refractivity contribution in [1.82, 2.24) is 0 Å². The van der Waals surface area contributed by atoms with Crippen LogP contribution < -0.4 is 14.2 Å². The number of aliphatic imine (C=N–C) groups is 1. The van der Waals surface area contributed by atoms with E-state index in [0.29, 0.717) is 17.2 Å². The van der Waals surface area contributed by atoms with Gasteiger partial charge in [-0.25, -0.2) is 0 Å². The molecule has 0 spiro atoms. The fourth-order valence-electron chi connectivity index (χ4n) is 3.50. The minimum Gasteiger partial charge on any atom is -0.493 e. The van der Waals surface area contributed by atoms with E-state index in [-0.39, 0.29) is 5.25 Å². The number of para-hydroxylation sites is 1. The van der Waals surface area contributed by atoms with Gasteiger partial charge in [-0.05, 0) is 35.4 Å². The molecule has 3 aromatic rings. The average Bonchev–Trinajstić information content (AvgIpc) is 2.98. The average molecular weight is 406 g/mol. The van der Waals surface area contributed by atoms with Gasteiger partial charge in [0.2, 0.25) is 5.75 Å². The molecule has 0 aliphatic carbocycles.